The second kappa shape index (κ2) is 4.89. The highest BCUT2D eigenvalue weighted by molar-refractivity contribution is 6.06. The van der Waals surface area contributed by atoms with Gasteiger partial charge in [0.2, 0.25) is 11.8 Å². The van der Waals surface area contributed by atoms with Gasteiger partial charge >= 0.3 is 0 Å². The number of nitrogens with one attached hydrogen (secondary N) is 1. The average Bonchev–Trinajstić information content (AvgIpc) is 2.97. The summed E-state index contributed by atoms with van der Waals surface area (Å²) < 4.78 is 0. The third kappa shape index (κ3) is 2.10. The van der Waals surface area contributed by atoms with E-state index in [9.17, 15) is 9.59 Å². The first-order valence-electron chi connectivity index (χ1n) is 7.70. The molecule has 1 saturated heterocycles. The maximum atomic E-state index is 12.7. The molecule has 0 unspecified atom stereocenters. The number of hydrogen-bond donors (Lipinski definition) is 1. The maximum absolute atomic E-state index is 12.7. The smallest absolute Gasteiger partial charge is 0.236 e. The van der Waals surface area contributed by atoms with E-state index in [2.05, 4.69) is 5.32 Å². The van der Waals surface area contributed by atoms with Crippen molar-refractivity contribution >= 4 is 11.8 Å². The Hall–Kier alpha value is -0.900. The molecule has 106 valence electrons. The normalized spacial score (nSPS) is 34.5. The Labute approximate surface area is 114 Å². The van der Waals surface area contributed by atoms with Crippen molar-refractivity contribution in [1.29, 1.82) is 0 Å². The van der Waals surface area contributed by atoms with Gasteiger partial charge in [0.15, 0.2) is 0 Å². The molecule has 0 bridgehead atoms. The molecular formula is C15H24N2O2. The van der Waals surface area contributed by atoms with Crippen molar-refractivity contribution < 1.29 is 9.59 Å². The molecule has 3 aliphatic rings. The summed E-state index contributed by atoms with van der Waals surface area (Å²) in [6.07, 6.45) is 8.66. The van der Waals surface area contributed by atoms with Crippen molar-refractivity contribution in [1.82, 2.24) is 10.2 Å². The van der Waals surface area contributed by atoms with Crippen LogP contribution in [0.15, 0.2) is 0 Å². The summed E-state index contributed by atoms with van der Waals surface area (Å²) in [4.78, 5) is 26.6. The first kappa shape index (κ1) is 13.1. The van der Waals surface area contributed by atoms with Gasteiger partial charge in [-0.05, 0) is 45.6 Å². The van der Waals surface area contributed by atoms with Crippen molar-refractivity contribution in [3.8, 4) is 0 Å². The SMILES string of the molecule is CNC1CCC(N2C(=O)CC3(CCCC3)C2=O)CC1. The topological polar surface area (TPSA) is 49.4 Å². The van der Waals surface area contributed by atoms with Gasteiger partial charge in [0, 0.05) is 18.5 Å². The summed E-state index contributed by atoms with van der Waals surface area (Å²) in [5.74, 6) is 0.253. The van der Waals surface area contributed by atoms with Crippen LogP contribution in [0.3, 0.4) is 0 Å². The Morgan fingerprint density at radius 1 is 1.11 bits per heavy atom. The van der Waals surface area contributed by atoms with E-state index in [1.807, 2.05) is 7.05 Å². The molecule has 0 aromatic heterocycles. The Morgan fingerprint density at radius 2 is 1.74 bits per heavy atom. The molecule has 4 nitrogen and oxygen atoms in total. The fourth-order valence-electron chi connectivity index (χ4n) is 4.25. The average molecular weight is 264 g/mol. The zero-order valence-electron chi connectivity index (χ0n) is 11.8. The standard InChI is InChI=1S/C15H24N2O2/c1-16-11-4-6-12(7-5-11)17-13(18)10-15(14(17)19)8-2-3-9-15/h11-12,16H,2-10H2,1H3. The van der Waals surface area contributed by atoms with Gasteiger partial charge in [-0.15, -0.1) is 0 Å². The minimum atomic E-state index is -0.295. The molecule has 3 fully saturated rings. The highest BCUT2D eigenvalue weighted by atomic mass is 16.2. The molecule has 1 aliphatic heterocycles. The Balaban J connectivity index is 1.71. The molecule has 2 saturated carbocycles. The molecule has 0 aromatic carbocycles. The van der Waals surface area contributed by atoms with Crippen LogP contribution in [0.5, 0.6) is 0 Å². The molecule has 1 N–H and O–H groups in total. The molecule has 0 aromatic rings. The molecule has 1 heterocycles. The highest BCUT2D eigenvalue weighted by Crippen LogP contribution is 2.48. The number of likely N-dealkylation sites (tertiary alicyclic amines) is 1. The van der Waals surface area contributed by atoms with E-state index >= 15 is 0 Å². The van der Waals surface area contributed by atoms with E-state index in [1.165, 1.54) is 0 Å². The number of rotatable bonds is 2. The number of nitrogens with zero attached hydrogens (tertiary/aromatic N) is 1. The van der Waals surface area contributed by atoms with Gasteiger partial charge < -0.3 is 5.32 Å². The van der Waals surface area contributed by atoms with E-state index < -0.39 is 0 Å². The number of carbonyl (C=O) groups is 2. The minimum Gasteiger partial charge on any atom is -0.317 e. The monoisotopic (exact) mass is 264 g/mol. The van der Waals surface area contributed by atoms with Gasteiger partial charge in [0.05, 0.1) is 5.41 Å². The van der Waals surface area contributed by atoms with Crippen LogP contribution in [0.25, 0.3) is 0 Å². The summed E-state index contributed by atoms with van der Waals surface area (Å²) in [6.45, 7) is 0. The van der Waals surface area contributed by atoms with Gasteiger partial charge in [-0.1, -0.05) is 12.8 Å². The zero-order valence-corrected chi connectivity index (χ0v) is 11.8. The Morgan fingerprint density at radius 3 is 2.32 bits per heavy atom. The van der Waals surface area contributed by atoms with Crippen LogP contribution in [0, 0.1) is 5.41 Å². The van der Waals surface area contributed by atoms with Gasteiger partial charge in [0.25, 0.3) is 0 Å². The molecule has 1 spiro atoms. The van der Waals surface area contributed by atoms with Crippen LogP contribution >= 0.6 is 0 Å². The molecule has 0 atom stereocenters. The van der Waals surface area contributed by atoms with Crippen LogP contribution in [-0.2, 0) is 9.59 Å². The first-order valence-corrected chi connectivity index (χ1v) is 7.70. The molecule has 2 amide bonds. The second-order valence-electron chi connectivity index (χ2n) is 6.53. The van der Waals surface area contributed by atoms with Crippen LogP contribution in [0.1, 0.15) is 57.8 Å². The molecule has 4 heteroatoms. The van der Waals surface area contributed by atoms with Crippen molar-refractivity contribution in [2.24, 2.45) is 5.41 Å². The fourth-order valence-corrected chi connectivity index (χ4v) is 4.25. The quantitative estimate of drug-likeness (QED) is 0.774. The lowest BCUT2D eigenvalue weighted by Crippen LogP contribution is -2.45. The van der Waals surface area contributed by atoms with Crippen molar-refractivity contribution in [2.45, 2.75) is 69.9 Å². The van der Waals surface area contributed by atoms with Gasteiger partial charge in [0.1, 0.15) is 0 Å². The third-order valence-corrected chi connectivity index (χ3v) is 5.46. The summed E-state index contributed by atoms with van der Waals surface area (Å²) in [5.41, 5.74) is -0.295. The van der Waals surface area contributed by atoms with E-state index in [0.29, 0.717) is 12.5 Å². The summed E-state index contributed by atoms with van der Waals surface area (Å²) in [7, 11) is 1.99. The van der Waals surface area contributed by atoms with Crippen molar-refractivity contribution in [3.05, 3.63) is 0 Å². The van der Waals surface area contributed by atoms with Crippen LogP contribution in [-0.4, -0.2) is 35.8 Å². The fraction of sp³-hybridized carbons (Fsp3) is 0.867. The predicted octanol–water partition coefficient (Wildman–Crippen LogP) is 1.84. The zero-order chi connectivity index (χ0) is 13.5. The molecule has 2 aliphatic carbocycles. The highest BCUT2D eigenvalue weighted by Gasteiger charge is 2.54. The lowest BCUT2D eigenvalue weighted by molar-refractivity contribution is -0.144. The van der Waals surface area contributed by atoms with Crippen LogP contribution < -0.4 is 5.32 Å². The van der Waals surface area contributed by atoms with E-state index in [1.54, 1.807) is 4.90 Å². The number of hydrogen-bond acceptors (Lipinski definition) is 3. The summed E-state index contributed by atoms with van der Waals surface area (Å²) >= 11 is 0. The van der Waals surface area contributed by atoms with E-state index in [0.717, 1.165) is 51.4 Å². The molecule has 3 rings (SSSR count). The van der Waals surface area contributed by atoms with Crippen LogP contribution in [0.4, 0.5) is 0 Å². The van der Waals surface area contributed by atoms with Crippen molar-refractivity contribution in [2.75, 3.05) is 7.05 Å². The first-order chi connectivity index (χ1) is 9.16. The summed E-state index contributed by atoms with van der Waals surface area (Å²) in [6, 6.07) is 0.731. The van der Waals surface area contributed by atoms with Gasteiger partial charge in [-0.25, -0.2) is 0 Å². The lowest BCUT2D eigenvalue weighted by atomic mass is 9.84. The minimum absolute atomic E-state index is 0.0970. The maximum Gasteiger partial charge on any atom is 0.236 e. The summed E-state index contributed by atoms with van der Waals surface area (Å²) in [5, 5.41) is 3.30. The molecular weight excluding hydrogens is 240 g/mol. The predicted molar refractivity (Wildman–Crippen MR) is 72.5 cm³/mol. The van der Waals surface area contributed by atoms with E-state index in [-0.39, 0.29) is 23.3 Å². The lowest BCUT2D eigenvalue weighted by Gasteiger charge is -2.34. The van der Waals surface area contributed by atoms with Gasteiger partial charge in [-0.2, -0.15) is 0 Å². The number of amides is 2. The van der Waals surface area contributed by atoms with Crippen LogP contribution in [0.2, 0.25) is 0 Å². The second-order valence-corrected chi connectivity index (χ2v) is 6.53. The Bertz CT molecular complexity index is 380. The molecule has 0 radical (unpaired) electrons. The van der Waals surface area contributed by atoms with Gasteiger partial charge in [-0.3, -0.25) is 14.5 Å². The number of imide groups is 1. The molecule has 19 heavy (non-hydrogen) atoms. The number of carbonyl (C=O) groups excluding carboxylic acids is 2. The van der Waals surface area contributed by atoms with Crippen molar-refractivity contribution in [3.63, 3.8) is 0 Å². The largest absolute Gasteiger partial charge is 0.317 e. The Kier molecular flexibility index (Phi) is 3.37. The third-order valence-electron chi connectivity index (χ3n) is 5.46. The van der Waals surface area contributed by atoms with E-state index in [4.69, 9.17) is 0 Å².